The molecule has 0 aromatic heterocycles. The molecular formula is C18H15NO. The van der Waals surface area contributed by atoms with Gasteiger partial charge in [-0.15, -0.1) is 0 Å². The fourth-order valence-corrected chi connectivity index (χ4v) is 3.04. The molecule has 3 N–H and O–H groups in total. The van der Waals surface area contributed by atoms with Crippen LogP contribution in [0.25, 0.3) is 32.3 Å². The van der Waals surface area contributed by atoms with Crippen LogP contribution < -0.4 is 6.15 Å². The number of ketones is 1. The van der Waals surface area contributed by atoms with Gasteiger partial charge in [0, 0.05) is 5.56 Å². The first-order valence-electron chi connectivity index (χ1n) is 6.43. The third kappa shape index (κ3) is 1.52. The lowest BCUT2D eigenvalue weighted by Crippen LogP contribution is -1.94. The summed E-state index contributed by atoms with van der Waals surface area (Å²) >= 11 is 0. The zero-order valence-electron chi connectivity index (χ0n) is 11.3. The Bertz CT molecular complexity index is 924. The van der Waals surface area contributed by atoms with Crippen molar-refractivity contribution in [2.24, 2.45) is 0 Å². The minimum atomic E-state index is 0. The first-order valence-corrected chi connectivity index (χ1v) is 6.43. The Morgan fingerprint density at radius 3 is 1.95 bits per heavy atom. The smallest absolute Gasteiger partial charge is 0.160 e. The second-order valence-corrected chi connectivity index (χ2v) is 5.03. The monoisotopic (exact) mass is 261 g/mol. The van der Waals surface area contributed by atoms with Crippen LogP contribution in [0.3, 0.4) is 0 Å². The molecule has 4 aromatic carbocycles. The molecule has 0 spiro atoms. The molecule has 0 bridgehead atoms. The van der Waals surface area contributed by atoms with Crippen molar-refractivity contribution in [3.05, 3.63) is 60.2 Å². The number of Topliss-reactive ketones (excluding diaryl/α,β-unsaturated/α-hetero) is 1. The van der Waals surface area contributed by atoms with Crippen molar-refractivity contribution in [2.45, 2.75) is 6.92 Å². The Morgan fingerprint density at radius 1 is 0.750 bits per heavy atom. The summed E-state index contributed by atoms with van der Waals surface area (Å²) < 4.78 is 0. The summed E-state index contributed by atoms with van der Waals surface area (Å²) in [5, 5.41) is 7.20. The molecule has 4 rings (SSSR count). The molecule has 0 atom stereocenters. The molecule has 4 aromatic rings. The van der Waals surface area contributed by atoms with Gasteiger partial charge in [0.2, 0.25) is 0 Å². The third-order valence-electron chi connectivity index (χ3n) is 3.91. The van der Waals surface area contributed by atoms with Gasteiger partial charge in [0.15, 0.2) is 5.78 Å². The highest BCUT2D eigenvalue weighted by Crippen LogP contribution is 2.35. The van der Waals surface area contributed by atoms with Gasteiger partial charge in [-0.3, -0.25) is 4.79 Å². The molecule has 0 radical (unpaired) electrons. The topological polar surface area (TPSA) is 52.1 Å². The van der Waals surface area contributed by atoms with Crippen LogP contribution in [-0.2, 0) is 0 Å². The van der Waals surface area contributed by atoms with Crippen molar-refractivity contribution in [1.29, 1.82) is 0 Å². The van der Waals surface area contributed by atoms with Gasteiger partial charge in [0.25, 0.3) is 0 Å². The van der Waals surface area contributed by atoms with Crippen molar-refractivity contribution in [2.75, 3.05) is 0 Å². The second-order valence-electron chi connectivity index (χ2n) is 5.03. The predicted octanol–water partition coefficient (Wildman–Crippen LogP) is 4.95. The maximum atomic E-state index is 11.8. The summed E-state index contributed by atoms with van der Waals surface area (Å²) in [7, 11) is 0. The zero-order chi connectivity index (χ0) is 13.0. The lowest BCUT2D eigenvalue weighted by molar-refractivity contribution is 0.101. The van der Waals surface area contributed by atoms with E-state index in [0.717, 1.165) is 10.9 Å². The van der Waals surface area contributed by atoms with E-state index in [-0.39, 0.29) is 11.9 Å². The van der Waals surface area contributed by atoms with Gasteiger partial charge in [-0.1, -0.05) is 54.6 Å². The molecule has 2 nitrogen and oxygen atoms in total. The van der Waals surface area contributed by atoms with Crippen LogP contribution in [0.1, 0.15) is 17.3 Å². The van der Waals surface area contributed by atoms with Crippen LogP contribution in [0, 0.1) is 0 Å². The highest BCUT2D eigenvalue weighted by atomic mass is 16.1. The Kier molecular flexibility index (Phi) is 2.70. The van der Waals surface area contributed by atoms with Gasteiger partial charge in [0.1, 0.15) is 0 Å². The van der Waals surface area contributed by atoms with Gasteiger partial charge in [0.05, 0.1) is 0 Å². The molecule has 0 aliphatic heterocycles. The van der Waals surface area contributed by atoms with E-state index in [9.17, 15) is 4.79 Å². The Labute approximate surface area is 116 Å². The second kappa shape index (κ2) is 4.29. The highest BCUT2D eigenvalue weighted by Gasteiger charge is 2.12. The summed E-state index contributed by atoms with van der Waals surface area (Å²) in [6.45, 7) is 1.63. The van der Waals surface area contributed by atoms with E-state index in [4.69, 9.17) is 0 Å². The Morgan fingerprint density at radius 2 is 1.30 bits per heavy atom. The van der Waals surface area contributed by atoms with Crippen LogP contribution in [-0.4, -0.2) is 5.78 Å². The van der Waals surface area contributed by atoms with Gasteiger partial charge in [-0.05, 0) is 39.2 Å². The molecule has 0 aliphatic carbocycles. The SMILES string of the molecule is CC(=O)c1ccc2ccc3cccc4ccc1c2c34.N. The highest BCUT2D eigenvalue weighted by molar-refractivity contribution is 6.26. The third-order valence-corrected chi connectivity index (χ3v) is 3.91. The molecule has 0 fully saturated rings. The number of rotatable bonds is 1. The molecule has 0 saturated carbocycles. The van der Waals surface area contributed by atoms with Crippen molar-refractivity contribution < 1.29 is 4.79 Å². The summed E-state index contributed by atoms with van der Waals surface area (Å²) in [6, 6.07) is 18.8. The van der Waals surface area contributed by atoms with E-state index in [1.165, 1.54) is 26.9 Å². The number of hydrogen-bond donors (Lipinski definition) is 1. The van der Waals surface area contributed by atoms with Crippen molar-refractivity contribution >= 4 is 38.1 Å². The molecular weight excluding hydrogens is 246 g/mol. The lowest BCUT2D eigenvalue weighted by atomic mass is 9.91. The zero-order valence-corrected chi connectivity index (χ0v) is 11.3. The summed E-state index contributed by atoms with van der Waals surface area (Å²) in [5.74, 6) is 0.123. The normalized spacial score (nSPS) is 11.1. The molecule has 98 valence electrons. The minimum absolute atomic E-state index is 0. The van der Waals surface area contributed by atoms with E-state index in [1.54, 1.807) is 6.92 Å². The molecule has 0 amide bonds. The van der Waals surface area contributed by atoms with Crippen LogP contribution in [0.5, 0.6) is 0 Å². The lowest BCUT2D eigenvalue weighted by Gasteiger charge is -2.12. The van der Waals surface area contributed by atoms with Crippen molar-refractivity contribution in [3.8, 4) is 0 Å². The largest absolute Gasteiger partial charge is 0.344 e. The van der Waals surface area contributed by atoms with Gasteiger partial charge in [-0.2, -0.15) is 0 Å². The van der Waals surface area contributed by atoms with Gasteiger partial charge in [-0.25, -0.2) is 0 Å². The summed E-state index contributed by atoms with van der Waals surface area (Å²) in [5.41, 5.74) is 0.811. The molecule has 0 unspecified atom stereocenters. The molecule has 2 heteroatoms. The maximum absolute atomic E-state index is 11.8. The molecule has 0 aliphatic rings. The molecule has 20 heavy (non-hydrogen) atoms. The van der Waals surface area contributed by atoms with E-state index in [2.05, 4.69) is 42.5 Å². The van der Waals surface area contributed by atoms with E-state index in [0.29, 0.717) is 0 Å². The van der Waals surface area contributed by atoms with E-state index in [1.807, 2.05) is 12.1 Å². The van der Waals surface area contributed by atoms with Crippen molar-refractivity contribution in [1.82, 2.24) is 6.15 Å². The van der Waals surface area contributed by atoms with E-state index >= 15 is 0 Å². The predicted molar refractivity (Wildman–Crippen MR) is 85.2 cm³/mol. The Balaban J connectivity index is 0.00000121. The van der Waals surface area contributed by atoms with Crippen LogP contribution in [0.4, 0.5) is 0 Å². The summed E-state index contributed by atoms with van der Waals surface area (Å²) in [4.78, 5) is 11.8. The fourth-order valence-electron chi connectivity index (χ4n) is 3.04. The Hall–Kier alpha value is -2.45. The van der Waals surface area contributed by atoms with E-state index < -0.39 is 0 Å². The van der Waals surface area contributed by atoms with Crippen LogP contribution in [0.15, 0.2) is 54.6 Å². The molecule has 0 saturated heterocycles. The quantitative estimate of drug-likeness (QED) is 0.389. The average Bonchev–Trinajstić information content (AvgIpc) is 2.44. The molecule has 0 heterocycles. The first-order chi connectivity index (χ1) is 9.25. The number of benzene rings is 4. The minimum Gasteiger partial charge on any atom is -0.344 e. The summed E-state index contributed by atoms with van der Waals surface area (Å²) in [6.07, 6.45) is 0. The number of carbonyl (C=O) groups excluding carboxylic acids is 1. The maximum Gasteiger partial charge on any atom is 0.160 e. The first kappa shape index (κ1) is 12.6. The van der Waals surface area contributed by atoms with Gasteiger partial charge < -0.3 is 6.15 Å². The number of carbonyl (C=O) groups is 1. The average molecular weight is 261 g/mol. The van der Waals surface area contributed by atoms with Gasteiger partial charge >= 0.3 is 0 Å². The van der Waals surface area contributed by atoms with Crippen LogP contribution in [0.2, 0.25) is 0 Å². The van der Waals surface area contributed by atoms with Crippen molar-refractivity contribution in [3.63, 3.8) is 0 Å². The number of hydrogen-bond acceptors (Lipinski definition) is 2. The fraction of sp³-hybridized carbons (Fsp3) is 0.0556. The van der Waals surface area contributed by atoms with Crippen LogP contribution >= 0.6 is 0 Å². The standard InChI is InChI=1S/C18H12O.H3N/c1-11(19)15-9-7-14-6-5-12-3-2-4-13-8-10-16(15)18(14)17(12)13;/h2-10H,1H3;1H3.